The molecule has 0 aromatic heterocycles. The molecule has 0 fully saturated rings. The molecule has 1 unspecified atom stereocenters. The Morgan fingerprint density at radius 1 is 1.50 bits per heavy atom. The van der Waals surface area contributed by atoms with Gasteiger partial charge in [-0.25, -0.2) is 0 Å². The Balaban J connectivity index is 2.64. The molecular formula is C11H18N2O. The molecule has 1 atom stereocenters. The van der Waals surface area contributed by atoms with Crippen LogP contribution in [0.1, 0.15) is 6.92 Å². The van der Waals surface area contributed by atoms with Gasteiger partial charge in [0.25, 0.3) is 0 Å². The summed E-state index contributed by atoms with van der Waals surface area (Å²) < 4.78 is 0. The van der Waals surface area contributed by atoms with Crippen LogP contribution in [0.4, 0.5) is 11.4 Å². The first-order valence-electron chi connectivity index (χ1n) is 4.81. The first-order chi connectivity index (χ1) is 6.63. The van der Waals surface area contributed by atoms with E-state index in [0.29, 0.717) is 0 Å². The maximum absolute atomic E-state index is 8.93. The minimum Gasteiger partial charge on any atom is -0.399 e. The van der Waals surface area contributed by atoms with E-state index >= 15 is 0 Å². The van der Waals surface area contributed by atoms with Gasteiger partial charge >= 0.3 is 0 Å². The second-order valence-corrected chi connectivity index (χ2v) is 3.76. The summed E-state index contributed by atoms with van der Waals surface area (Å²) in [6, 6.07) is 7.75. The molecular weight excluding hydrogens is 176 g/mol. The maximum Gasteiger partial charge on any atom is 0.0473 e. The van der Waals surface area contributed by atoms with Gasteiger partial charge in [-0.3, -0.25) is 0 Å². The summed E-state index contributed by atoms with van der Waals surface area (Å²) >= 11 is 0. The lowest BCUT2D eigenvalue weighted by molar-refractivity contribution is 0.240. The van der Waals surface area contributed by atoms with Crippen molar-refractivity contribution in [2.75, 3.05) is 30.8 Å². The molecule has 3 heteroatoms. The number of rotatable bonds is 4. The van der Waals surface area contributed by atoms with Crippen LogP contribution in [-0.4, -0.2) is 25.3 Å². The molecule has 0 spiro atoms. The van der Waals surface area contributed by atoms with Crippen LogP contribution in [0.3, 0.4) is 0 Å². The molecule has 1 rings (SSSR count). The third kappa shape index (κ3) is 2.92. The largest absolute Gasteiger partial charge is 0.399 e. The number of aliphatic hydroxyl groups is 1. The second kappa shape index (κ2) is 4.86. The molecule has 0 aliphatic carbocycles. The smallest absolute Gasteiger partial charge is 0.0473 e. The molecule has 0 bridgehead atoms. The van der Waals surface area contributed by atoms with Gasteiger partial charge in [0.2, 0.25) is 0 Å². The molecule has 78 valence electrons. The van der Waals surface area contributed by atoms with Crippen molar-refractivity contribution in [3.8, 4) is 0 Å². The van der Waals surface area contributed by atoms with Gasteiger partial charge in [0.1, 0.15) is 0 Å². The third-order valence-corrected chi connectivity index (χ3v) is 2.21. The molecule has 0 radical (unpaired) electrons. The van der Waals surface area contributed by atoms with Gasteiger partial charge in [0.05, 0.1) is 0 Å². The Hall–Kier alpha value is -1.22. The van der Waals surface area contributed by atoms with Crippen molar-refractivity contribution in [3.05, 3.63) is 24.3 Å². The fourth-order valence-corrected chi connectivity index (χ4v) is 1.39. The van der Waals surface area contributed by atoms with Gasteiger partial charge in [0, 0.05) is 31.6 Å². The van der Waals surface area contributed by atoms with Crippen LogP contribution in [0.5, 0.6) is 0 Å². The first kappa shape index (κ1) is 10.9. The van der Waals surface area contributed by atoms with Gasteiger partial charge in [-0.2, -0.15) is 0 Å². The molecule has 0 amide bonds. The van der Waals surface area contributed by atoms with Crippen LogP contribution in [0.25, 0.3) is 0 Å². The van der Waals surface area contributed by atoms with E-state index in [2.05, 4.69) is 4.90 Å². The highest BCUT2D eigenvalue weighted by molar-refractivity contribution is 5.55. The second-order valence-electron chi connectivity index (χ2n) is 3.76. The summed E-state index contributed by atoms with van der Waals surface area (Å²) in [5, 5.41) is 8.93. The topological polar surface area (TPSA) is 49.5 Å². The normalized spacial score (nSPS) is 12.5. The van der Waals surface area contributed by atoms with Gasteiger partial charge in [-0.05, 0) is 24.1 Å². The standard InChI is InChI=1S/C11H18N2O/c1-9(8-14)7-13(2)11-5-3-4-10(12)6-11/h3-6,9,14H,7-8,12H2,1-2H3. The molecule has 1 aromatic rings. The van der Waals surface area contributed by atoms with Gasteiger partial charge in [-0.1, -0.05) is 13.0 Å². The summed E-state index contributed by atoms with van der Waals surface area (Å²) in [6.07, 6.45) is 0. The van der Waals surface area contributed by atoms with Crippen molar-refractivity contribution < 1.29 is 5.11 Å². The van der Waals surface area contributed by atoms with Crippen LogP contribution in [0.2, 0.25) is 0 Å². The molecule has 0 aliphatic rings. The zero-order valence-corrected chi connectivity index (χ0v) is 8.77. The molecule has 0 heterocycles. The van der Waals surface area contributed by atoms with Crippen LogP contribution in [-0.2, 0) is 0 Å². The lowest BCUT2D eigenvalue weighted by Gasteiger charge is -2.22. The van der Waals surface area contributed by atoms with Crippen LogP contribution >= 0.6 is 0 Å². The SMILES string of the molecule is CC(CO)CN(C)c1cccc(N)c1. The zero-order valence-electron chi connectivity index (χ0n) is 8.77. The van der Waals surface area contributed by atoms with Crippen LogP contribution in [0.15, 0.2) is 24.3 Å². The Kier molecular flexibility index (Phi) is 3.77. The third-order valence-electron chi connectivity index (χ3n) is 2.21. The van der Waals surface area contributed by atoms with E-state index in [-0.39, 0.29) is 12.5 Å². The summed E-state index contributed by atoms with van der Waals surface area (Å²) in [5.74, 6) is 0.279. The van der Waals surface area contributed by atoms with E-state index in [1.807, 2.05) is 38.2 Å². The zero-order chi connectivity index (χ0) is 10.6. The number of anilines is 2. The Bertz CT molecular complexity index is 288. The van der Waals surface area contributed by atoms with Crippen molar-refractivity contribution in [1.29, 1.82) is 0 Å². The van der Waals surface area contributed by atoms with Gasteiger partial charge < -0.3 is 15.7 Å². The molecule has 0 saturated carbocycles. The highest BCUT2D eigenvalue weighted by Crippen LogP contribution is 2.16. The molecule has 14 heavy (non-hydrogen) atoms. The van der Waals surface area contributed by atoms with Crippen molar-refractivity contribution in [2.45, 2.75) is 6.92 Å². The number of nitrogens with zero attached hydrogens (tertiary/aromatic N) is 1. The van der Waals surface area contributed by atoms with Crippen molar-refractivity contribution in [2.24, 2.45) is 5.92 Å². The van der Waals surface area contributed by atoms with E-state index in [4.69, 9.17) is 10.8 Å². The average Bonchev–Trinajstić information content (AvgIpc) is 2.17. The number of nitrogen functional groups attached to an aromatic ring is 1. The van der Waals surface area contributed by atoms with E-state index < -0.39 is 0 Å². The van der Waals surface area contributed by atoms with Crippen molar-refractivity contribution >= 4 is 11.4 Å². The van der Waals surface area contributed by atoms with E-state index in [1.165, 1.54) is 0 Å². The lowest BCUT2D eigenvalue weighted by atomic mass is 10.1. The summed E-state index contributed by atoms with van der Waals surface area (Å²) in [4.78, 5) is 2.09. The minimum absolute atomic E-state index is 0.215. The fourth-order valence-electron chi connectivity index (χ4n) is 1.39. The predicted octanol–water partition coefficient (Wildman–Crippen LogP) is 1.33. The van der Waals surface area contributed by atoms with Crippen molar-refractivity contribution in [3.63, 3.8) is 0 Å². The van der Waals surface area contributed by atoms with Crippen LogP contribution < -0.4 is 10.6 Å². The summed E-state index contributed by atoms with van der Waals surface area (Å²) in [6.45, 7) is 3.06. The van der Waals surface area contributed by atoms with Crippen LogP contribution in [0, 0.1) is 5.92 Å². The maximum atomic E-state index is 8.93. The molecule has 0 aliphatic heterocycles. The Labute approximate surface area is 85.2 Å². The van der Waals surface area contributed by atoms with E-state index in [1.54, 1.807) is 0 Å². The monoisotopic (exact) mass is 194 g/mol. The lowest BCUT2D eigenvalue weighted by Crippen LogP contribution is -2.25. The molecule has 0 saturated heterocycles. The average molecular weight is 194 g/mol. The minimum atomic E-state index is 0.215. The quantitative estimate of drug-likeness (QED) is 0.711. The predicted molar refractivity (Wildman–Crippen MR) is 60.4 cm³/mol. The van der Waals surface area contributed by atoms with E-state index in [9.17, 15) is 0 Å². The van der Waals surface area contributed by atoms with Gasteiger partial charge in [-0.15, -0.1) is 0 Å². The number of hydrogen-bond donors (Lipinski definition) is 2. The molecule has 3 nitrogen and oxygen atoms in total. The van der Waals surface area contributed by atoms with Gasteiger partial charge in [0.15, 0.2) is 0 Å². The molecule has 3 N–H and O–H groups in total. The summed E-state index contributed by atoms with van der Waals surface area (Å²) in [7, 11) is 2.00. The Morgan fingerprint density at radius 3 is 2.79 bits per heavy atom. The molecule has 1 aromatic carbocycles. The number of aliphatic hydroxyl groups excluding tert-OH is 1. The number of benzene rings is 1. The highest BCUT2D eigenvalue weighted by atomic mass is 16.3. The summed E-state index contributed by atoms with van der Waals surface area (Å²) in [5.41, 5.74) is 7.54. The van der Waals surface area contributed by atoms with Crippen molar-refractivity contribution in [1.82, 2.24) is 0 Å². The number of hydrogen-bond acceptors (Lipinski definition) is 3. The number of nitrogens with two attached hydrogens (primary N) is 1. The highest BCUT2D eigenvalue weighted by Gasteiger charge is 2.05. The van der Waals surface area contributed by atoms with E-state index in [0.717, 1.165) is 17.9 Å². The Morgan fingerprint density at radius 2 is 2.21 bits per heavy atom. The fraction of sp³-hybridized carbons (Fsp3) is 0.455. The first-order valence-corrected chi connectivity index (χ1v) is 4.81.